The highest BCUT2D eigenvalue weighted by molar-refractivity contribution is 6.42. The zero-order valence-electron chi connectivity index (χ0n) is 15.7. The third-order valence-electron chi connectivity index (χ3n) is 4.70. The van der Waals surface area contributed by atoms with Crippen molar-refractivity contribution < 1.29 is 9.53 Å². The second kappa shape index (κ2) is 8.27. The standard InChI is InChI=1S/C23H18Cl2N2O2/c1-2-29-23(28)22-13-17-16(20-7-3-4-11-26-20)6-5-8-21(17)27(22)14-15-9-10-18(24)19(25)12-15/h3-13H,2,14H2,1H3. The number of pyridine rings is 1. The summed E-state index contributed by atoms with van der Waals surface area (Å²) in [4.78, 5) is 17.2. The first-order chi connectivity index (χ1) is 14.1. The second-order valence-corrected chi connectivity index (χ2v) is 7.35. The summed E-state index contributed by atoms with van der Waals surface area (Å²) in [5.41, 5.74) is 4.14. The van der Waals surface area contributed by atoms with Crippen LogP contribution in [0.2, 0.25) is 10.0 Å². The molecule has 4 rings (SSSR count). The molecular weight excluding hydrogens is 407 g/mol. The van der Waals surface area contributed by atoms with E-state index >= 15 is 0 Å². The normalized spacial score (nSPS) is 11.0. The third kappa shape index (κ3) is 3.86. The molecule has 0 unspecified atom stereocenters. The molecule has 2 aromatic heterocycles. The number of halogens is 2. The van der Waals surface area contributed by atoms with Crippen molar-refractivity contribution in [2.75, 3.05) is 6.61 Å². The van der Waals surface area contributed by atoms with E-state index in [0.717, 1.165) is 27.7 Å². The van der Waals surface area contributed by atoms with Gasteiger partial charge in [-0.15, -0.1) is 0 Å². The van der Waals surface area contributed by atoms with E-state index in [9.17, 15) is 4.79 Å². The molecule has 0 fully saturated rings. The molecule has 6 heteroatoms. The minimum Gasteiger partial charge on any atom is -0.461 e. The minimum absolute atomic E-state index is 0.306. The maximum Gasteiger partial charge on any atom is 0.354 e. The van der Waals surface area contributed by atoms with Crippen LogP contribution in [-0.2, 0) is 11.3 Å². The van der Waals surface area contributed by atoms with Crippen molar-refractivity contribution >= 4 is 40.1 Å². The molecule has 0 amide bonds. The lowest BCUT2D eigenvalue weighted by molar-refractivity contribution is 0.0515. The molecule has 2 heterocycles. The van der Waals surface area contributed by atoms with Gasteiger partial charge < -0.3 is 9.30 Å². The monoisotopic (exact) mass is 424 g/mol. The van der Waals surface area contributed by atoms with Gasteiger partial charge in [0.1, 0.15) is 5.69 Å². The van der Waals surface area contributed by atoms with Crippen molar-refractivity contribution in [2.45, 2.75) is 13.5 Å². The molecule has 0 aliphatic carbocycles. The number of rotatable bonds is 5. The van der Waals surface area contributed by atoms with Crippen molar-refractivity contribution in [1.82, 2.24) is 9.55 Å². The molecule has 2 aromatic carbocycles. The molecule has 0 aliphatic heterocycles. The van der Waals surface area contributed by atoms with E-state index in [4.69, 9.17) is 27.9 Å². The Morgan fingerprint density at radius 1 is 1.03 bits per heavy atom. The van der Waals surface area contributed by atoms with Gasteiger partial charge in [-0.1, -0.05) is 47.5 Å². The van der Waals surface area contributed by atoms with Crippen LogP contribution in [-0.4, -0.2) is 22.1 Å². The van der Waals surface area contributed by atoms with Crippen LogP contribution < -0.4 is 0 Å². The van der Waals surface area contributed by atoms with Crippen LogP contribution in [0.3, 0.4) is 0 Å². The van der Waals surface area contributed by atoms with Gasteiger partial charge in [0.25, 0.3) is 0 Å². The van der Waals surface area contributed by atoms with Crippen molar-refractivity contribution in [3.05, 3.63) is 88.2 Å². The molecule has 0 saturated carbocycles. The number of esters is 1. The number of carbonyl (C=O) groups excluding carboxylic acids is 1. The molecule has 0 aliphatic rings. The molecule has 4 nitrogen and oxygen atoms in total. The topological polar surface area (TPSA) is 44.1 Å². The number of aromatic nitrogens is 2. The van der Waals surface area contributed by atoms with Gasteiger partial charge in [-0.3, -0.25) is 4.98 Å². The Labute approximate surface area is 178 Å². The maximum atomic E-state index is 12.7. The van der Waals surface area contributed by atoms with Crippen LogP contribution >= 0.6 is 23.2 Å². The first-order valence-corrected chi connectivity index (χ1v) is 9.98. The summed E-state index contributed by atoms with van der Waals surface area (Å²) in [5, 5.41) is 1.91. The lowest BCUT2D eigenvalue weighted by Gasteiger charge is -2.11. The number of nitrogens with zero attached hydrogens (tertiary/aromatic N) is 2. The SMILES string of the molecule is CCOC(=O)c1cc2c(-c3ccccn3)cccc2n1Cc1ccc(Cl)c(Cl)c1. The molecule has 0 spiro atoms. The van der Waals surface area contributed by atoms with Gasteiger partial charge in [-0.25, -0.2) is 4.79 Å². The smallest absolute Gasteiger partial charge is 0.354 e. The van der Waals surface area contributed by atoms with Crippen LogP contribution in [0.5, 0.6) is 0 Å². The molecule has 29 heavy (non-hydrogen) atoms. The fraction of sp³-hybridized carbons (Fsp3) is 0.130. The number of carbonyl (C=O) groups is 1. The van der Waals surface area contributed by atoms with Gasteiger partial charge in [-0.2, -0.15) is 0 Å². The largest absolute Gasteiger partial charge is 0.461 e. The molecular formula is C23H18Cl2N2O2. The zero-order valence-corrected chi connectivity index (χ0v) is 17.2. The van der Waals surface area contributed by atoms with Crippen LogP contribution in [0, 0.1) is 0 Å². The highest BCUT2D eigenvalue weighted by atomic mass is 35.5. The van der Waals surface area contributed by atoms with Crippen LogP contribution in [0.4, 0.5) is 0 Å². The summed E-state index contributed by atoms with van der Waals surface area (Å²) in [5.74, 6) is -0.365. The van der Waals surface area contributed by atoms with E-state index < -0.39 is 0 Å². The van der Waals surface area contributed by atoms with E-state index in [-0.39, 0.29) is 5.97 Å². The minimum atomic E-state index is -0.365. The predicted molar refractivity (Wildman–Crippen MR) is 117 cm³/mol. The summed E-state index contributed by atoms with van der Waals surface area (Å²) in [6.07, 6.45) is 1.76. The Kier molecular flexibility index (Phi) is 5.56. The van der Waals surface area contributed by atoms with E-state index in [1.54, 1.807) is 19.2 Å². The number of hydrogen-bond acceptors (Lipinski definition) is 3. The summed E-state index contributed by atoms with van der Waals surface area (Å²) in [6, 6.07) is 19.1. The molecule has 0 saturated heterocycles. The lowest BCUT2D eigenvalue weighted by Crippen LogP contribution is -2.12. The summed E-state index contributed by atoms with van der Waals surface area (Å²) >= 11 is 12.2. The summed E-state index contributed by atoms with van der Waals surface area (Å²) in [6.45, 7) is 2.56. The molecule has 0 N–H and O–H groups in total. The Bertz CT molecular complexity index is 1190. The van der Waals surface area contributed by atoms with Gasteiger partial charge >= 0.3 is 5.97 Å². The zero-order chi connectivity index (χ0) is 20.4. The lowest BCUT2D eigenvalue weighted by atomic mass is 10.1. The summed E-state index contributed by atoms with van der Waals surface area (Å²) < 4.78 is 7.25. The van der Waals surface area contributed by atoms with E-state index in [1.165, 1.54) is 0 Å². The van der Waals surface area contributed by atoms with Gasteiger partial charge in [-0.05, 0) is 48.9 Å². The van der Waals surface area contributed by atoms with E-state index in [0.29, 0.717) is 28.9 Å². The highest BCUT2D eigenvalue weighted by Gasteiger charge is 2.19. The van der Waals surface area contributed by atoms with E-state index in [2.05, 4.69) is 4.98 Å². The average Bonchev–Trinajstić information content (AvgIpc) is 3.10. The fourth-order valence-electron chi connectivity index (χ4n) is 3.39. The first kappa shape index (κ1) is 19.5. The van der Waals surface area contributed by atoms with Crippen LogP contribution in [0.1, 0.15) is 23.0 Å². The second-order valence-electron chi connectivity index (χ2n) is 6.54. The Morgan fingerprint density at radius 2 is 1.90 bits per heavy atom. The van der Waals surface area contributed by atoms with Crippen molar-refractivity contribution in [3.8, 4) is 11.3 Å². The van der Waals surface area contributed by atoms with Gasteiger partial charge in [0.15, 0.2) is 0 Å². The van der Waals surface area contributed by atoms with Crippen molar-refractivity contribution in [2.24, 2.45) is 0 Å². The predicted octanol–water partition coefficient (Wildman–Crippen LogP) is 6.24. The summed E-state index contributed by atoms with van der Waals surface area (Å²) in [7, 11) is 0. The van der Waals surface area contributed by atoms with Crippen LogP contribution in [0.25, 0.3) is 22.2 Å². The first-order valence-electron chi connectivity index (χ1n) is 9.23. The number of fused-ring (bicyclic) bond motifs is 1. The quantitative estimate of drug-likeness (QED) is 0.356. The number of hydrogen-bond donors (Lipinski definition) is 0. The van der Waals surface area contributed by atoms with Gasteiger partial charge in [0.2, 0.25) is 0 Å². The third-order valence-corrected chi connectivity index (χ3v) is 5.43. The molecule has 0 radical (unpaired) electrons. The number of benzene rings is 2. The Balaban J connectivity index is 1.90. The average molecular weight is 425 g/mol. The van der Waals surface area contributed by atoms with Crippen molar-refractivity contribution in [1.29, 1.82) is 0 Å². The van der Waals surface area contributed by atoms with Gasteiger partial charge in [0.05, 0.1) is 22.3 Å². The fourth-order valence-corrected chi connectivity index (χ4v) is 3.72. The maximum absolute atomic E-state index is 12.7. The number of ether oxygens (including phenoxy) is 1. The van der Waals surface area contributed by atoms with Crippen LogP contribution in [0.15, 0.2) is 66.9 Å². The molecule has 146 valence electrons. The Hall–Kier alpha value is -2.82. The highest BCUT2D eigenvalue weighted by Crippen LogP contribution is 2.31. The molecule has 0 atom stereocenters. The van der Waals surface area contributed by atoms with Gasteiger partial charge in [0, 0.05) is 29.2 Å². The Morgan fingerprint density at radius 3 is 2.62 bits per heavy atom. The molecule has 4 aromatic rings. The van der Waals surface area contributed by atoms with E-state index in [1.807, 2.05) is 59.2 Å². The molecule has 0 bridgehead atoms. The van der Waals surface area contributed by atoms with Crippen molar-refractivity contribution in [3.63, 3.8) is 0 Å².